The summed E-state index contributed by atoms with van der Waals surface area (Å²) in [5, 5.41) is 4.60. The van der Waals surface area contributed by atoms with Crippen LogP contribution in [0.5, 0.6) is 11.6 Å². The number of carbonyl (C=O) groups excluding carboxylic acids is 1. The number of rotatable bonds is 4. The molecule has 0 unspecified atom stereocenters. The standard InChI is InChI=1S/C18H17N3O2/c1-20-18(22)13-7-9-17(21-11-13)23-16-8-6-12(10-19)14-4-2-3-5-15(14)16/h2-9,11H,10,19H2,1H3,(H,20,22). The van der Waals surface area contributed by atoms with Crippen molar-refractivity contribution >= 4 is 16.7 Å². The van der Waals surface area contributed by atoms with Crippen molar-refractivity contribution in [2.45, 2.75) is 6.54 Å². The normalized spacial score (nSPS) is 10.5. The van der Waals surface area contributed by atoms with Gasteiger partial charge < -0.3 is 15.8 Å². The molecule has 0 aliphatic rings. The average molecular weight is 307 g/mol. The van der Waals surface area contributed by atoms with Gasteiger partial charge in [-0.3, -0.25) is 4.79 Å². The topological polar surface area (TPSA) is 77.2 Å². The molecule has 3 aromatic rings. The summed E-state index contributed by atoms with van der Waals surface area (Å²) in [4.78, 5) is 15.7. The van der Waals surface area contributed by atoms with Gasteiger partial charge in [0.15, 0.2) is 0 Å². The van der Waals surface area contributed by atoms with Crippen LogP contribution in [0.2, 0.25) is 0 Å². The average Bonchev–Trinajstić information content (AvgIpc) is 2.62. The van der Waals surface area contributed by atoms with E-state index in [2.05, 4.69) is 10.3 Å². The van der Waals surface area contributed by atoms with Gasteiger partial charge in [-0.15, -0.1) is 0 Å². The summed E-state index contributed by atoms with van der Waals surface area (Å²) < 4.78 is 5.88. The van der Waals surface area contributed by atoms with E-state index < -0.39 is 0 Å². The number of hydrogen-bond acceptors (Lipinski definition) is 4. The zero-order valence-electron chi connectivity index (χ0n) is 12.7. The molecule has 0 saturated heterocycles. The van der Waals surface area contributed by atoms with E-state index in [4.69, 9.17) is 10.5 Å². The summed E-state index contributed by atoms with van der Waals surface area (Å²) in [6, 6.07) is 15.1. The molecular formula is C18H17N3O2. The summed E-state index contributed by atoms with van der Waals surface area (Å²) in [5.74, 6) is 0.961. The van der Waals surface area contributed by atoms with Crippen molar-refractivity contribution in [2.24, 2.45) is 5.73 Å². The minimum absolute atomic E-state index is 0.179. The molecule has 116 valence electrons. The molecule has 1 amide bonds. The highest BCUT2D eigenvalue weighted by Crippen LogP contribution is 2.31. The van der Waals surface area contributed by atoms with Gasteiger partial charge in [0.2, 0.25) is 5.88 Å². The summed E-state index contributed by atoms with van der Waals surface area (Å²) >= 11 is 0. The number of nitrogens with two attached hydrogens (primary N) is 1. The Balaban J connectivity index is 1.94. The smallest absolute Gasteiger partial charge is 0.252 e. The highest BCUT2D eigenvalue weighted by molar-refractivity contribution is 5.93. The fourth-order valence-corrected chi connectivity index (χ4v) is 2.43. The number of nitrogens with zero attached hydrogens (tertiary/aromatic N) is 1. The number of amides is 1. The Labute approximate surface area is 134 Å². The summed E-state index contributed by atoms with van der Waals surface area (Å²) in [6.45, 7) is 0.472. The lowest BCUT2D eigenvalue weighted by Crippen LogP contribution is -2.17. The third-order valence-corrected chi connectivity index (χ3v) is 3.63. The van der Waals surface area contributed by atoms with E-state index >= 15 is 0 Å². The summed E-state index contributed by atoms with van der Waals surface area (Å²) in [6.07, 6.45) is 1.49. The van der Waals surface area contributed by atoms with E-state index in [1.54, 1.807) is 19.2 Å². The number of pyridine rings is 1. The molecule has 0 bridgehead atoms. The number of hydrogen-bond donors (Lipinski definition) is 2. The van der Waals surface area contributed by atoms with E-state index in [0.29, 0.717) is 23.7 Å². The zero-order chi connectivity index (χ0) is 16.2. The van der Waals surface area contributed by atoms with Gasteiger partial charge in [0.25, 0.3) is 5.91 Å². The minimum Gasteiger partial charge on any atom is -0.438 e. The number of carbonyl (C=O) groups is 1. The van der Waals surface area contributed by atoms with Crippen LogP contribution in [0.25, 0.3) is 10.8 Å². The molecule has 0 aliphatic carbocycles. The molecule has 3 N–H and O–H groups in total. The van der Waals surface area contributed by atoms with Crippen LogP contribution in [0.15, 0.2) is 54.7 Å². The molecule has 5 nitrogen and oxygen atoms in total. The van der Waals surface area contributed by atoms with Crippen LogP contribution in [0.3, 0.4) is 0 Å². The van der Waals surface area contributed by atoms with Crippen LogP contribution in [-0.4, -0.2) is 17.9 Å². The molecule has 3 rings (SSSR count). The minimum atomic E-state index is -0.179. The molecule has 0 aliphatic heterocycles. The quantitative estimate of drug-likeness (QED) is 0.777. The lowest BCUT2D eigenvalue weighted by Gasteiger charge is -2.11. The predicted molar refractivity (Wildman–Crippen MR) is 89.5 cm³/mol. The van der Waals surface area contributed by atoms with Crippen LogP contribution < -0.4 is 15.8 Å². The van der Waals surface area contributed by atoms with Crippen LogP contribution in [0, 0.1) is 0 Å². The van der Waals surface area contributed by atoms with Crippen molar-refractivity contribution in [3.63, 3.8) is 0 Å². The second kappa shape index (κ2) is 6.46. The molecule has 1 heterocycles. The molecule has 23 heavy (non-hydrogen) atoms. The molecule has 0 spiro atoms. The van der Waals surface area contributed by atoms with Crippen LogP contribution in [0.4, 0.5) is 0 Å². The number of nitrogens with one attached hydrogen (secondary N) is 1. The van der Waals surface area contributed by atoms with Gasteiger partial charge in [-0.25, -0.2) is 4.98 Å². The van der Waals surface area contributed by atoms with E-state index in [1.165, 1.54) is 6.20 Å². The molecular weight excluding hydrogens is 290 g/mol. The molecule has 0 saturated carbocycles. The van der Waals surface area contributed by atoms with Gasteiger partial charge >= 0.3 is 0 Å². The number of ether oxygens (including phenoxy) is 1. The maximum atomic E-state index is 11.5. The summed E-state index contributed by atoms with van der Waals surface area (Å²) in [5.41, 5.74) is 7.34. The van der Waals surface area contributed by atoms with Gasteiger partial charge in [-0.2, -0.15) is 0 Å². The van der Waals surface area contributed by atoms with Gasteiger partial charge in [-0.05, 0) is 23.1 Å². The maximum Gasteiger partial charge on any atom is 0.252 e. The molecule has 5 heteroatoms. The Morgan fingerprint density at radius 2 is 1.91 bits per heavy atom. The first kappa shape index (κ1) is 15.0. The van der Waals surface area contributed by atoms with Crippen molar-refractivity contribution in [3.05, 3.63) is 65.9 Å². The third kappa shape index (κ3) is 3.00. The van der Waals surface area contributed by atoms with Crippen LogP contribution >= 0.6 is 0 Å². The van der Waals surface area contributed by atoms with E-state index in [1.807, 2.05) is 36.4 Å². The lowest BCUT2D eigenvalue weighted by atomic mass is 10.0. The molecule has 0 atom stereocenters. The SMILES string of the molecule is CNC(=O)c1ccc(Oc2ccc(CN)c3ccccc23)nc1. The Bertz CT molecular complexity index is 845. The van der Waals surface area contributed by atoms with E-state index in [9.17, 15) is 4.79 Å². The largest absolute Gasteiger partial charge is 0.438 e. The highest BCUT2D eigenvalue weighted by Gasteiger charge is 2.08. The first-order valence-corrected chi connectivity index (χ1v) is 7.29. The first-order valence-electron chi connectivity index (χ1n) is 7.29. The van der Waals surface area contributed by atoms with Gasteiger partial charge in [0.05, 0.1) is 5.56 Å². The molecule has 0 radical (unpaired) electrons. The zero-order valence-corrected chi connectivity index (χ0v) is 12.7. The lowest BCUT2D eigenvalue weighted by molar-refractivity contribution is 0.0962. The first-order chi connectivity index (χ1) is 11.2. The Hall–Kier alpha value is -2.92. The van der Waals surface area contributed by atoms with Crippen LogP contribution in [0.1, 0.15) is 15.9 Å². The van der Waals surface area contributed by atoms with E-state index in [-0.39, 0.29) is 5.91 Å². The van der Waals surface area contributed by atoms with Crippen molar-refractivity contribution in [2.75, 3.05) is 7.05 Å². The number of aromatic nitrogens is 1. The van der Waals surface area contributed by atoms with Crippen molar-refractivity contribution in [1.82, 2.24) is 10.3 Å². The van der Waals surface area contributed by atoms with Crippen LogP contribution in [-0.2, 0) is 6.54 Å². The predicted octanol–water partition coefficient (Wildman–Crippen LogP) is 2.85. The Morgan fingerprint density at radius 1 is 1.13 bits per heavy atom. The van der Waals surface area contributed by atoms with Crippen molar-refractivity contribution < 1.29 is 9.53 Å². The molecule has 2 aromatic carbocycles. The Kier molecular flexibility index (Phi) is 4.21. The van der Waals surface area contributed by atoms with E-state index in [0.717, 1.165) is 16.3 Å². The monoisotopic (exact) mass is 307 g/mol. The molecule has 1 aromatic heterocycles. The van der Waals surface area contributed by atoms with Crippen molar-refractivity contribution in [1.29, 1.82) is 0 Å². The Morgan fingerprint density at radius 3 is 2.57 bits per heavy atom. The van der Waals surface area contributed by atoms with Crippen molar-refractivity contribution in [3.8, 4) is 11.6 Å². The number of fused-ring (bicyclic) bond motifs is 1. The summed E-state index contributed by atoms with van der Waals surface area (Å²) in [7, 11) is 1.58. The third-order valence-electron chi connectivity index (χ3n) is 3.63. The second-order valence-electron chi connectivity index (χ2n) is 5.04. The highest BCUT2D eigenvalue weighted by atomic mass is 16.5. The van der Waals surface area contributed by atoms with Gasteiger partial charge in [-0.1, -0.05) is 30.3 Å². The molecule has 0 fully saturated rings. The van der Waals surface area contributed by atoms with Gasteiger partial charge in [0.1, 0.15) is 5.75 Å². The fourth-order valence-electron chi connectivity index (χ4n) is 2.43. The fraction of sp³-hybridized carbons (Fsp3) is 0.111. The maximum absolute atomic E-state index is 11.5. The van der Waals surface area contributed by atoms with Gasteiger partial charge in [0, 0.05) is 31.2 Å². The second-order valence-corrected chi connectivity index (χ2v) is 5.04. The number of benzene rings is 2.